The Bertz CT molecular complexity index is 498. The minimum absolute atomic E-state index is 0.0943. The van der Waals surface area contributed by atoms with Gasteiger partial charge in [0.1, 0.15) is 0 Å². The molecule has 0 spiro atoms. The first kappa shape index (κ1) is 13.6. The van der Waals surface area contributed by atoms with Crippen LogP contribution in [-0.4, -0.2) is 23.5 Å². The maximum absolute atomic E-state index is 12.0. The highest BCUT2D eigenvalue weighted by atomic mass is 16.4. The molecule has 2 atom stereocenters. The van der Waals surface area contributed by atoms with Gasteiger partial charge in [0.05, 0.1) is 5.92 Å². The molecule has 0 aliphatic carbocycles. The van der Waals surface area contributed by atoms with E-state index in [2.05, 4.69) is 13.8 Å². The van der Waals surface area contributed by atoms with Crippen LogP contribution in [0.4, 0.5) is 5.69 Å². The molecule has 2 rings (SSSR count). The van der Waals surface area contributed by atoms with E-state index in [1.807, 2.05) is 24.3 Å². The lowest BCUT2D eigenvalue weighted by molar-refractivity contribution is -0.141. The first-order valence-corrected chi connectivity index (χ1v) is 6.66. The number of carboxylic acid groups (broad SMARTS) is 1. The lowest BCUT2D eigenvalue weighted by Gasteiger charge is -2.22. The van der Waals surface area contributed by atoms with E-state index < -0.39 is 11.9 Å². The van der Waals surface area contributed by atoms with Gasteiger partial charge in [-0.15, -0.1) is 0 Å². The Balaban J connectivity index is 2.32. The topological polar surface area (TPSA) is 57.6 Å². The van der Waals surface area contributed by atoms with Gasteiger partial charge in [0.2, 0.25) is 5.91 Å². The van der Waals surface area contributed by atoms with E-state index in [1.165, 1.54) is 0 Å². The highest BCUT2D eigenvalue weighted by molar-refractivity contribution is 5.99. The van der Waals surface area contributed by atoms with Gasteiger partial charge in [-0.1, -0.05) is 32.0 Å². The molecule has 0 aromatic heterocycles. The summed E-state index contributed by atoms with van der Waals surface area (Å²) in [5, 5.41) is 9.04. The maximum atomic E-state index is 12.0. The van der Waals surface area contributed by atoms with Gasteiger partial charge in [-0.2, -0.15) is 0 Å². The van der Waals surface area contributed by atoms with Crippen LogP contribution >= 0.6 is 0 Å². The fourth-order valence-corrected chi connectivity index (χ4v) is 2.48. The third kappa shape index (κ3) is 2.62. The van der Waals surface area contributed by atoms with Crippen molar-refractivity contribution in [3.8, 4) is 0 Å². The lowest BCUT2D eigenvalue weighted by Crippen LogP contribution is -2.27. The molecule has 0 saturated carbocycles. The number of hydrogen-bond donors (Lipinski definition) is 1. The van der Waals surface area contributed by atoms with Gasteiger partial charge >= 0.3 is 5.97 Å². The number of para-hydroxylation sites is 1. The highest BCUT2D eigenvalue weighted by Crippen LogP contribution is 2.33. The number of amides is 1. The molecule has 1 fully saturated rings. The van der Waals surface area contributed by atoms with Crippen LogP contribution in [0.1, 0.15) is 38.2 Å². The molecule has 1 aromatic carbocycles. The van der Waals surface area contributed by atoms with E-state index in [-0.39, 0.29) is 18.9 Å². The number of anilines is 1. The molecular formula is C15H19NO3. The molecule has 0 bridgehead atoms. The number of carbonyl (C=O) groups is 2. The zero-order valence-electron chi connectivity index (χ0n) is 11.3. The molecule has 2 unspecified atom stereocenters. The SMILES string of the molecule is CCC(C)c1ccccc1N1CC(C(=O)O)CC1=O. The van der Waals surface area contributed by atoms with E-state index in [9.17, 15) is 9.59 Å². The molecule has 4 heteroatoms. The Morgan fingerprint density at radius 2 is 2.16 bits per heavy atom. The molecule has 1 saturated heterocycles. The fraction of sp³-hybridized carbons (Fsp3) is 0.467. The molecule has 1 N–H and O–H groups in total. The third-order valence-corrected chi connectivity index (χ3v) is 3.85. The van der Waals surface area contributed by atoms with Crippen molar-refractivity contribution in [3.63, 3.8) is 0 Å². The highest BCUT2D eigenvalue weighted by Gasteiger charge is 2.36. The monoisotopic (exact) mass is 261 g/mol. The Morgan fingerprint density at radius 1 is 1.47 bits per heavy atom. The molecule has 1 amide bonds. The summed E-state index contributed by atoms with van der Waals surface area (Å²) in [6, 6.07) is 7.78. The maximum Gasteiger partial charge on any atom is 0.308 e. The largest absolute Gasteiger partial charge is 0.481 e. The Morgan fingerprint density at radius 3 is 2.74 bits per heavy atom. The molecule has 1 aliphatic heterocycles. The Kier molecular flexibility index (Phi) is 3.88. The van der Waals surface area contributed by atoms with Gasteiger partial charge in [-0.05, 0) is 24.0 Å². The predicted octanol–water partition coefficient (Wildman–Crippen LogP) is 2.64. The molecule has 102 valence electrons. The molecule has 19 heavy (non-hydrogen) atoms. The van der Waals surface area contributed by atoms with Crippen LogP contribution in [0.25, 0.3) is 0 Å². The standard InChI is InChI=1S/C15H19NO3/c1-3-10(2)12-6-4-5-7-13(12)16-9-11(15(18)19)8-14(16)17/h4-7,10-11H,3,8-9H2,1-2H3,(H,18,19). The molecule has 0 radical (unpaired) electrons. The van der Waals surface area contributed by atoms with Gasteiger partial charge in [0.25, 0.3) is 0 Å². The van der Waals surface area contributed by atoms with Crippen molar-refractivity contribution in [2.45, 2.75) is 32.6 Å². The number of aliphatic carboxylic acids is 1. The summed E-state index contributed by atoms with van der Waals surface area (Å²) in [7, 11) is 0. The Labute approximate surface area is 113 Å². The third-order valence-electron chi connectivity index (χ3n) is 3.85. The van der Waals surface area contributed by atoms with Crippen molar-refractivity contribution in [1.29, 1.82) is 0 Å². The Hall–Kier alpha value is -1.84. The van der Waals surface area contributed by atoms with Crippen molar-refractivity contribution in [1.82, 2.24) is 0 Å². The van der Waals surface area contributed by atoms with Crippen molar-refractivity contribution >= 4 is 17.6 Å². The van der Waals surface area contributed by atoms with Crippen LogP contribution < -0.4 is 4.90 Å². The van der Waals surface area contributed by atoms with Crippen LogP contribution in [-0.2, 0) is 9.59 Å². The van der Waals surface area contributed by atoms with Crippen molar-refractivity contribution in [2.24, 2.45) is 5.92 Å². The number of benzene rings is 1. The number of carbonyl (C=O) groups excluding carboxylic acids is 1. The summed E-state index contributed by atoms with van der Waals surface area (Å²) in [4.78, 5) is 24.7. The summed E-state index contributed by atoms with van der Waals surface area (Å²) in [5.41, 5.74) is 1.98. The predicted molar refractivity (Wildman–Crippen MR) is 73.2 cm³/mol. The quantitative estimate of drug-likeness (QED) is 0.906. The summed E-state index contributed by atoms with van der Waals surface area (Å²) in [5.74, 6) is -1.22. The normalized spacial score (nSPS) is 20.6. The van der Waals surface area contributed by atoms with E-state index in [0.29, 0.717) is 5.92 Å². The number of hydrogen-bond acceptors (Lipinski definition) is 2. The van der Waals surface area contributed by atoms with Gasteiger partial charge < -0.3 is 10.0 Å². The summed E-state index contributed by atoms with van der Waals surface area (Å²) in [6.07, 6.45) is 1.09. The van der Waals surface area contributed by atoms with E-state index in [1.54, 1.807) is 4.90 Å². The molecule has 1 aromatic rings. The number of carboxylic acids is 1. The number of nitrogens with zero attached hydrogens (tertiary/aromatic N) is 1. The van der Waals surface area contributed by atoms with E-state index in [4.69, 9.17) is 5.11 Å². The van der Waals surface area contributed by atoms with Gasteiger partial charge in [0.15, 0.2) is 0 Å². The van der Waals surface area contributed by atoms with Crippen LogP contribution in [0.15, 0.2) is 24.3 Å². The van der Waals surface area contributed by atoms with E-state index in [0.717, 1.165) is 17.7 Å². The molecular weight excluding hydrogens is 242 g/mol. The van der Waals surface area contributed by atoms with Gasteiger partial charge in [-0.25, -0.2) is 0 Å². The summed E-state index contributed by atoms with van der Waals surface area (Å²) < 4.78 is 0. The van der Waals surface area contributed by atoms with Gasteiger partial charge in [0, 0.05) is 18.7 Å². The van der Waals surface area contributed by atoms with Crippen molar-refractivity contribution in [2.75, 3.05) is 11.4 Å². The van der Waals surface area contributed by atoms with E-state index >= 15 is 0 Å². The second kappa shape index (κ2) is 5.43. The smallest absolute Gasteiger partial charge is 0.308 e. The summed E-state index contributed by atoms with van der Waals surface area (Å²) >= 11 is 0. The summed E-state index contributed by atoms with van der Waals surface area (Å²) in [6.45, 7) is 4.50. The molecule has 1 aliphatic rings. The average molecular weight is 261 g/mol. The second-order valence-corrected chi connectivity index (χ2v) is 5.11. The van der Waals surface area contributed by atoms with Crippen molar-refractivity contribution < 1.29 is 14.7 Å². The van der Waals surface area contributed by atoms with Crippen LogP contribution in [0.2, 0.25) is 0 Å². The zero-order chi connectivity index (χ0) is 14.0. The first-order valence-electron chi connectivity index (χ1n) is 6.66. The zero-order valence-corrected chi connectivity index (χ0v) is 11.3. The minimum Gasteiger partial charge on any atom is -0.481 e. The fourth-order valence-electron chi connectivity index (χ4n) is 2.48. The number of rotatable bonds is 4. The van der Waals surface area contributed by atoms with Crippen LogP contribution in [0.5, 0.6) is 0 Å². The van der Waals surface area contributed by atoms with Crippen LogP contribution in [0, 0.1) is 5.92 Å². The van der Waals surface area contributed by atoms with Gasteiger partial charge in [-0.3, -0.25) is 9.59 Å². The second-order valence-electron chi connectivity index (χ2n) is 5.11. The minimum atomic E-state index is -0.892. The average Bonchev–Trinajstić information content (AvgIpc) is 2.80. The molecule has 4 nitrogen and oxygen atoms in total. The lowest BCUT2D eigenvalue weighted by atomic mass is 9.96. The van der Waals surface area contributed by atoms with Crippen LogP contribution in [0.3, 0.4) is 0 Å². The first-order chi connectivity index (χ1) is 9.04. The molecule has 1 heterocycles. The van der Waals surface area contributed by atoms with Crippen molar-refractivity contribution in [3.05, 3.63) is 29.8 Å².